The molecule has 15 heteroatoms. The minimum absolute atomic E-state index is 0.211. The van der Waals surface area contributed by atoms with E-state index in [0.29, 0.717) is 22.5 Å². The average Bonchev–Trinajstić information content (AvgIpc) is 2.84. The summed E-state index contributed by atoms with van der Waals surface area (Å²) in [6, 6.07) is 3.77. The van der Waals surface area contributed by atoms with E-state index in [-0.39, 0.29) is 30.5 Å². The fraction of sp³-hybridized carbons (Fsp3) is 0.480. The van der Waals surface area contributed by atoms with E-state index in [4.69, 9.17) is 0 Å². The van der Waals surface area contributed by atoms with Gasteiger partial charge >= 0.3 is 12.4 Å². The van der Waals surface area contributed by atoms with E-state index in [0.717, 1.165) is 24.3 Å². The number of nitrogens with zero attached hydrogens (tertiary/aromatic N) is 1. The Morgan fingerprint density at radius 1 is 1.05 bits per heavy atom. The fourth-order valence-electron chi connectivity index (χ4n) is 4.61. The van der Waals surface area contributed by atoms with E-state index < -0.39 is 81.1 Å². The lowest BCUT2D eigenvalue weighted by atomic mass is 9.86. The van der Waals surface area contributed by atoms with Crippen molar-refractivity contribution in [2.45, 2.75) is 67.6 Å². The van der Waals surface area contributed by atoms with Crippen LogP contribution in [-0.4, -0.2) is 60.6 Å². The molecule has 0 saturated heterocycles. The first-order valence-electron chi connectivity index (χ1n) is 11.9. The van der Waals surface area contributed by atoms with E-state index in [1.807, 2.05) is 0 Å². The molecule has 1 aliphatic heterocycles. The number of ketones is 1. The third kappa shape index (κ3) is 5.97. The fourth-order valence-corrected chi connectivity index (χ4v) is 6.32. The average molecular weight is 602 g/mol. The molecule has 0 saturated carbocycles. The third-order valence-electron chi connectivity index (χ3n) is 6.87. The van der Waals surface area contributed by atoms with Crippen LogP contribution in [0, 0.1) is 11.7 Å². The van der Waals surface area contributed by atoms with Crippen molar-refractivity contribution in [3.05, 3.63) is 59.4 Å². The van der Waals surface area contributed by atoms with Crippen LogP contribution in [0.5, 0.6) is 0 Å². The van der Waals surface area contributed by atoms with Crippen molar-refractivity contribution in [2.24, 2.45) is 5.92 Å². The van der Waals surface area contributed by atoms with Gasteiger partial charge in [0.15, 0.2) is 0 Å². The van der Waals surface area contributed by atoms with Gasteiger partial charge in [-0.2, -0.15) is 26.3 Å². The zero-order valence-electron chi connectivity index (χ0n) is 20.9. The van der Waals surface area contributed by atoms with Crippen molar-refractivity contribution in [3.8, 4) is 0 Å². The minimum Gasteiger partial charge on any atom is -0.396 e. The van der Waals surface area contributed by atoms with Gasteiger partial charge in [0, 0.05) is 30.9 Å². The SMILES string of the molecule is C[C@@H](O)[C@H](CO)CC(=O)C[C@@H]1CCc2cc(C(O)(C(F)(F)F)C(F)(F)F)ccc2N1S(=O)(=O)c1ccc(F)cc1. The van der Waals surface area contributed by atoms with Crippen molar-refractivity contribution in [3.63, 3.8) is 0 Å². The summed E-state index contributed by atoms with van der Waals surface area (Å²) in [6.07, 6.45) is -14.6. The normalized spacial score (nSPS) is 18.3. The molecule has 0 radical (unpaired) electrons. The number of Topliss-reactive ketones (excluding diaryl/α,β-unsaturated/α-hetero) is 1. The van der Waals surface area contributed by atoms with Gasteiger partial charge in [-0.25, -0.2) is 12.8 Å². The van der Waals surface area contributed by atoms with Gasteiger partial charge in [-0.1, -0.05) is 12.1 Å². The number of rotatable bonds is 9. The Morgan fingerprint density at radius 2 is 1.62 bits per heavy atom. The van der Waals surface area contributed by atoms with Crippen LogP contribution in [0.3, 0.4) is 0 Å². The first-order valence-corrected chi connectivity index (χ1v) is 13.4. The smallest absolute Gasteiger partial charge is 0.396 e. The highest BCUT2D eigenvalue weighted by Gasteiger charge is 2.71. The number of hydrogen-bond donors (Lipinski definition) is 3. The number of aryl methyl sites for hydroxylation is 1. The summed E-state index contributed by atoms with van der Waals surface area (Å²) < 4.78 is 122. The molecule has 40 heavy (non-hydrogen) atoms. The molecule has 3 rings (SSSR count). The summed E-state index contributed by atoms with van der Waals surface area (Å²) >= 11 is 0. The third-order valence-corrected chi connectivity index (χ3v) is 8.75. The maximum absolute atomic E-state index is 13.6. The standard InChI is InChI=1S/C25H26F7NO6S/c1-14(35)16(13-34)11-20(36)12-19-6-2-15-10-17(23(37,24(27,28)29)25(30,31)32)3-9-22(15)33(19)40(38,39)21-7-4-18(26)5-8-21/h3-5,7-10,14,16,19,34-35,37H,2,6,11-13H2,1H3/t14-,16+,19+/m1/s1. The Labute approximate surface area is 224 Å². The molecular weight excluding hydrogens is 575 g/mol. The molecule has 222 valence electrons. The number of aliphatic hydroxyl groups excluding tert-OH is 2. The molecule has 3 N–H and O–H groups in total. The van der Waals surface area contributed by atoms with Gasteiger partial charge in [0.05, 0.1) is 22.7 Å². The van der Waals surface area contributed by atoms with Crippen molar-refractivity contribution in [2.75, 3.05) is 10.9 Å². The van der Waals surface area contributed by atoms with E-state index >= 15 is 0 Å². The van der Waals surface area contributed by atoms with Gasteiger partial charge in [0.2, 0.25) is 0 Å². The topological polar surface area (TPSA) is 115 Å². The molecule has 0 aliphatic carbocycles. The highest BCUT2D eigenvalue weighted by molar-refractivity contribution is 7.92. The molecule has 2 aromatic carbocycles. The number of alkyl halides is 6. The quantitative estimate of drug-likeness (QED) is 0.375. The van der Waals surface area contributed by atoms with Gasteiger partial charge in [-0.15, -0.1) is 0 Å². The molecule has 0 aromatic heterocycles. The Bertz CT molecular complexity index is 1310. The molecule has 7 nitrogen and oxygen atoms in total. The lowest BCUT2D eigenvalue weighted by Crippen LogP contribution is -2.54. The van der Waals surface area contributed by atoms with Crippen LogP contribution in [0.2, 0.25) is 0 Å². The molecule has 2 aromatic rings. The Morgan fingerprint density at radius 3 is 2.12 bits per heavy atom. The number of fused-ring (bicyclic) bond motifs is 1. The van der Waals surface area contributed by atoms with Gasteiger partial charge in [0.25, 0.3) is 15.6 Å². The molecule has 3 atom stereocenters. The van der Waals surface area contributed by atoms with E-state index in [1.165, 1.54) is 6.92 Å². The summed E-state index contributed by atoms with van der Waals surface area (Å²) in [4.78, 5) is 12.3. The second-order valence-corrected chi connectivity index (χ2v) is 11.4. The number of anilines is 1. The second-order valence-electron chi connectivity index (χ2n) is 9.63. The second kappa shape index (κ2) is 11.3. The summed E-state index contributed by atoms with van der Waals surface area (Å²) in [5.41, 5.74) is -7.39. The van der Waals surface area contributed by atoms with Crippen LogP contribution in [0.15, 0.2) is 47.4 Å². The van der Waals surface area contributed by atoms with Crippen LogP contribution in [0.4, 0.5) is 36.4 Å². The summed E-state index contributed by atoms with van der Waals surface area (Å²) in [5.74, 6) is -2.19. The molecule has 0 spiro atoms. The lowest BCUT2D eigenvalue weighted by Gasteiger charge is -2.39. The zero-order chi connectivity index (χ0) is 30.3. The number of hydrogen-bond acceptors (Lipinski definition) is 6. The number of sulfonamides is 1. The maximum Gasteiger partial charge on any atom is 0.430 e. The van der Waals surface area contributed by atoms with Crippen LogP contribution in [-0.2, 0) is 26.8 Å². The number of carbonyl (C=O) groups excluding carboxylic acids is 1. The molecular formula is C25H26F7NO6S. The predicted octanol–water partition coefficient (Wildman–Crippen LogP) is 3.99. The van der Waals surface area contributed by atoms with E-state index in [1.54, 1.807) is 0 Å². The van der Waals surface area contributed by atoms with Crippen molar-refractivity contribution >= 4 is 21.5 Å². The number of carbonyl (C=O) groups is 1. The molecule has 0 unspecified atom stereocenters. The predicted molar refractivity (Wildman–Crippen MR) is 127 cm³/mol. The summed E-state index contributed by atoms with van der Waals surface area (Å²) in [6.45, 7) is 0.801. The number of benzene rings is 2. The van der Waals surface area contributed by atoms with Crippen LogP contribution >= 0.6 is 0 Å². The number of aliphatic hydroxyl groups is 3. The minimum atomic E-state index is -6.16. The maximum atomic E-state index is 13.6. The van der Waals surface area contributed by atoms with Gasteiger partial charge in [-0.05, 0) is 55.7 Å². The monoisotopic (exact) mass is 601 g/mol. The van der Waals surface area contributed by atoms with E-state index in [9.17, 15) is 59.3 Å². The summed E-state index contributed by atoms with van der Waals surface area (Å²) in [7, 11) is -4.63. The largest absolute Gasteiger partial charge is 0.430 e. The molecule has 0 fully saturated rings. The van der Waals surface area contributed by atoms with Gasteiger partial charge < -0.3 is 15.3 Å². The highest BCUT2D eigenvalue weighted by atomic mass is 32.2. The van der Waals surface area contributed by atoms with Crippen molar-refractivity contribution < 1.29 is 59.3 Å². The number of halogens is 7. The first kappa shape index (κ1) is 31.8. The molecule has 0 bridgehead atoms. The Kier molecular flexibility index (Phi) is 8.94. The highest BCUT2D eigenvalue weighted by Crippen LogP contribution is 2.51. The molecule has 1 aliphatic rings. The van der Waals surface area contributed by atoms with Gasteiger partial charge in [0.1, 0.15) is 11.6 Å². The van der Waals surface area contributed by atoms with Crippen molar-refractivity contribution in [1.29, 1.82) is 0 Å². The van der Waals surface area contributed by atoms with Crippen molar-refractivity contribution in [1.82, 2.24) is 0 Å². The lowest BCUT2D eigenvalue weighted by molar-refractivity contribution is -0.376. The van der Waals surface area contributed by atoms with Crippen LogP contribution in [0.1, 0.15) is 37.3 Å². The molecule has 0 amide bonds. The van der Waals surface area contributed by atoms with Gasteiger partial charge in [-0.3, -0.25) is 9.10 Å². The Balaban J connectivity index is 2.13. The van der Waals surface area contributed by atoms with Crippen LogP contribution in [0.25, 0.3) is 0 Å². The van der Waals surface area contributed by atoms with E-state index in [2.05, 4.69) is 0 Å². The van der Waals surface area contributed by atoms with Crippen LogP contribution < -0.4 is 4.31 Å². The summed E-state index contributed by atoms with van der Waals surface area (Å²) in [5, 5.41) is 28.9. The Hall–Kier alpha value is -2.75. The first-order chi connectivity index (χ1) is 18.3. The molecule has 1 heterocycles. The zero-order valence-corrected chi connectivity index (χ0v) is 21.7.